The van der Waals surface area contributed by atoms with Crippen LogP contribution in [-0.4, -0.2) is 21.9 Å². The normalized spacial score (nSPS) is 13.3. The molecule has 1 fully saturated rings. The first-order valence-electron chi connectivity index (χ1n) is 8.46. The molecule has 26 heavy (non-hydrogen) atoms. The first kappa shape index (κ1) is 16.2. The highest BCUT2D eigenvalue weighted by Gasteiger charge is 2.23. The molecular formula is C20H17FN4O. The van der Waals surface area contributed by atoms with Crippen LogP contribution in [0, 0.1) is 5.82 Å². The number of hydrogen-bond donors (Lipinski definition) is 2. The molecule has 2 aromatic carbocycles. The number of carbonyl (C=O) groups is 1. The number of aromatic nitrogens is 2. The smallest absolute Gasteiger partial charge is 0.274 e. The molecule has 130 valence electrons. The summed E-state index contributed by atoms with van der Waals surface area (Å²) in [5, 5.41) is 5.86. The van der Waals surface area contributed by atoms with Gasteiger partial charge in [0.25, 0.3) is 5.91 Å². The van der Waals surface area contributed by atoms with Crippen LogP contribution in [0.5, 0.6) is 0 Å². The zero-order valence-electron chi connectivity index (χ0n) is 13.9. The van der Waals surface area contributed by atoms with Crippen molar-refractivity contribution in [3.05, 3.63) is 72.2 Å². The molecule has 3 aromatic rings. The zero-order chi connectivity index (χ0) is 17.9. The van der Waals surface area contributed by atoms with Crippen molar-refractivity contribution in [3.63, 3.8) is 0 Å². The van der Waals surface area contributed by atoms with Crippen molar-refractivity contribution in [1.29, 1.82) is 0 Å². The van der Waals surface area contributed by atoms with Crippen molar-refractivity contribution >= 4 is 17.4 Å². The summed E-state index contributed by atoms with van der Waals surface area (Å²) in [5.41, 5.74) is 1.12. The van der Waals surface area contributed by atoms with E-state index in [9.17, 15) is 9.18 Å². The first-order chi connectivity index (χ1) is 12.7. The number of para-hydroxylation sites is 1. The molecule has 0 unspecified atom stereocenters. The van der Waals surface area contributed by atoms with Crippen LogP contribution in [0.4, 0.5) is 15.9 Å². The van der Waals surface area contributed by atoms with Gasteiger partial charge in [-0.05, 0) is 25.0 Å². The van der Waals surface area contributed by atoms with Crippen LogP contribution < -0.4 is 10.6 Å². The van der Waals surface area contributed by atoms with Crippen LogP contribution in [0.15, 0.2) is 60.7 Å². The molecule has 1 saturated carbocycles. The van der Waals surface area contributed by atoms with Crippen LogP contribution in [0.25, 0.3) is 11.4 Å². The summed E-state index contributed by atoms with van der Waals surface area (Å²) < 4.78 is 13.8. The van der Waals surface area contributed by atoms with Crippen LogP contribution in [0.1, 0.15) is 23.3 Å². The fourth-order valence-corrected chi connectivity index (χ4v) is 2.54. The second-order valence-electron chi connectivity index (χ2n) is 6.18. The number of nitrogens with zero attached hydrogens (tertiary/aromatic N) is 2. The van der Waals surface area contributed by atoms with Gasteiger partial charge >= 0.3 is 0 Å². The molecule has 1 aromatic heterocycles. The molecule has 1 heterocycles. The Morgan fingerprint density at radius 2 is 1.73 bits per heavy atom. The topological polar surface area (TPSA) is 66.9 Å². The third kappa shape index (κ3) is 3.69. The maximum absolute atomic E-state index is 13.8. The number of carbonyl (C=O) groups excluding carboxylic acids is 1. The van der Waals surface area contributed by atoms with E-state index in [0.29, 0.717) is 17.7 Å². The number of halogens is 1. The quantitative estimate of drug-likeness (QED) is 0.728. The van der Waals surface area contributed by atoms with Gasteiger partial charge in [-0.25, -0.2) is 14.4 Å². The van der Waals surface area contributed by atoms with Crippen LogP contribution >= 0.6 is 0 Å². The minimum atomic E-state index is -0.491. The van der Waals surface area contributed by atoms with Gasteiger partial charge in [0, 0.05) is 17.7 Å². The summed E-state index contributed by atoms with van der Waals surface area (Å²) in [6, 6.07) is 17.5. The molecule has 0 bridgehead atoms. The Morgan fingerprint density at radius 3 is 2.46 bits per heavy atom. The van der Waals surface area contributed by atoms with E-state index in [4.69, 9.17) is 0 Å². The molecule has 1 aliphatic carbocycles. The van der Waals surface area contributed by atoms with Crippen molar-refractivity contribution in [2.45, 2.75) is 18.9 Å². The number of benzene rings is 2. The molecule has 0 radical (unpaired) electrons. The van der Waals surface area contributed by atoms with Crippen molar-refractivity contribution in [2.24, 2.45) is 0 Å². The molecule has 0 spiro atoms. The monoisotopic (exact) mass is 348 g/mol. The lowest BCUT2D eigenvalue weighted by Gasteiger charge is -2.10. The number of amides is 1. The second-order valence-corrected chi connectivity index (χ2v) is 6.18. The van der Waals surface area contributed by atoms with E-state index in [0.717, 1.165) is 18.4 Å². The second kappa shape index (κ2) is 6.92. The molecule has 1 aliphatic rings. The fraction of sp³-hybridized carbons (Fsp3) is 0.150. The first-order valence-corrected chi connectivity index (χ1v) is 8.46. The Hall–Kier alpha value is -3.28. The highest BCUT2D eigenvalue weighted by atomic mass is 19.1. The molecular weight excluding hydrogens is 331 g/mol. The number of hydrogen-bond acceptors (Lipinski definition) is 4. The third-order valence-corrected chi connectivity index (χ3v) is 4.04. The Labute approximate surface area is 150 Å². The third-order valence-electron chi connectivity index (χ3n) is 4.04. The summed E-state index contributed by atoms with van der Waals surface area (Å²) in [7, 11) is 0. The van der Waals surface area contributed by atoms with Gasteiger partial charge in [0.05, 0.1) is 5.69 Å². The summed E-state index contributed by atoms with van der Waals surface area (Å²) in [6.45, 7) is 0. The minimum Gasteiger partial charge on any atom is -0.367 e. The van der Waals surface area contributed by atoms with Gasteiger partial charge in [0.15, 0.2) is 5.82 Å². The number of anilines is 2. The van der Waals surface area contributed by atoms with E-state index >= 15 is 0 Å². The van der Waals surface area contributed by atoms with Crippen molar-refractivity contribution < 1.29 is 9.18 Å². The Morgan fingerprint density at radius 1 is 1.00 bits per heavy atom. The average Bonchev–Trinajstić information content (AvgIpc) is 3.48. The molecule has 6 heteroatoms. The molecule has 0 saturated heterocycles. The largest absolute Gasteiger partial charge is 0.367 e. The minimum absolute atomic E-state index is 0.120. The Kier molecular flexibility index (Phi) is 4.31. The van der Waals surface area contributed by atoms with Crippen molar-refractivity contribution in [1.82, 2.24) is 9.97 Å². The number of rotatable bonds is 5. The number of nitrogens with one attached hydrogen (secondary N) is 2. The Balaban J connectivity index is 1.67. The lowest BCUT2D eigenvalue weighted by atomic mass is 10.2. The maximum atomic E-state index is 13.8. The fourth-order valence-electron chi connectivity index (χ4n) is 2.54. The predicted octanol–water partition coefficient (Wildman–Crippen LogP) is 4.11. The van der Waals surface area contributed by atoms with Gasteiger partial charge in [-0.3, -0.25) is 4.79 Å². The van der Waals surface area contributed by atoms with E-state index < -0.39 is 11.7 Å². The average molecular weight is 348 g/mol. The maximum Gasteiger partial charge on any atom is 0.274 e. The molecule has 0 aliphatic heterocycles. The van der Waals surface area contributed by atoms with Crippen molar-refractivity contribution in [3.8, 4) is 11.4 Å². The lowest BCUT2D eigenvalue weighted by molar-refractivity contribution is 0.102. The summed E-state index contributed by atoms with van der Waals surface area (Å²) >= 11 is 0. The van der Waals surface area contributed by atoms with Crippen molar-refractivity contribution in [2.75, 3.05) is 10.6 Å². The van der Waals surface area contributed by atoms with Crippen LogP contribution in [0.2, 0.25) is 0 Å². The van der Waals surface area contributed by atoms with E-state index in [2.05, 4.69) is 20.6 Å². The molecule has 1 amide bonds. The van der Waals surface area contributed by atoms with Gasteiger partial charge < -0.3 is 10.6 Å². The van der Waals surface area contributed by atoms with Gasteiger partial charge in [0.1, 0.15) is 17.3 Å². The molecule has 2 N–H and O–H groups in total. The SMILES string of the molecule is O=C(Nc1ccccc1F)c1cc(NC2CC2)nc(-c2ccccc2)n1. The van der Waals surface area contributed by atoms with Gasteiger partial charge in [-0.1, -0.05) is 42.5 Å². The molecule has 0 atom stereocenters. The summed E-state index contributed by atoms with van der Waals surface area (Å²) in [4.78, 5) is 21.5. The van der Waals surface area contributed by atoms with Crippen LogP contribution in [-0.2, 0) is 0 Å². The lowest BCUT2D eigenvalue weighted by Crippen LogP contribution is -2.16. The highest BCUT2D eigenvalue weighted by Crippen LogP contribution is 2.26. The van der Waals surface area contributed by atoms with Gasteiger partial charge in [-0.2, -0.15) is 0 Å². The van der Waals surface area contributed by atoms with E-state index in [1.54, 1.807) is 18.2 Å². The van der Waals surface area contributed by atoms with E-state index in [-0.39, 0.29) is 11.4 Å². The standard InChI is InChI=1S/C20H17FN4O/c21-15-8-4-5-9-16(15)24-20(26)17-12-18(22-14-10-11-14)25-19(23-17)13-6-2-1-3-7-13/h1-9,12,14H,10-11H2,(H,24,26)(H,22,23,25). The van der Waals surface area contributed by atoms with E-state index in [1.807, 2.05) is 30.3 Å². The Bertz CT molecular complexity index is 942. The molecule has 5 nitrogen and oxygen atoms in total. The summed E-state index contributed by atoms with van der Waals surface area (Å²) in [6.07, 6.45) is 2.17. The zero-order valence-corrected chi connectivity index (χ0v) is 13.9. The van der Waals surface area contributed by atoms with Gasteiger partial charge in [-0.15, -0.1) is 0 Å². The molecule has 4 rings (SSSR count). The van der Waals surface area contributed by atoms with Crippen LogP contribution in [0.3, 0.4) is 0 Å². The highest BCUT2D eigenvalue weighted by molar-refractivity contribution is 6.03. The van der Waals surface area contributed by atoms with Gasteiger partial charge in [0.2, 0.25) is 0 Å². The summed E-state index contributed by atoms with van der Waals surface area (Å²) in [5.74, 6) is 0.0815. The predicted molar refractivity (Wildman–Crippen MR) is 98.5 cm³/mol. The van der Waals surface area contributed by atoms with E-state index in [1.165, 1.54) is 12.1 Å².